The van der Waals surface area contributed by atoms with Crippen molar-refractivity contribution in [2.75, 3.05) is 0 Å². The molecule has 0 spiro atoms. The summed E-state index contributed by atoms with van der Waals surface area (Å²) in [6.45, 7) is 2.04. The van der Waals surface area contributed by atoms with E-state index in [2.05, 4.69) is 296 Å². The average Bonchev–Trinajstić information content (AvgIpc) is 1.77. The second kappa shape index (κ2) is 22.6. The molecule has 4 heterocycles. The first-order valence-corrected chi connectivity index (χ1v) is 30.3. The molecule has 0 aliphatic carbocycles. The van der Waals surface area contributed by atoms with E-state index in [1.54, 1.807) is 0 Å². The van der Waals surface area contributed by atoms with Crippen LogP contribution in [0.2, 0.25) is 0 Å². The SMILES string of the molecule is Cc1cc(-c2ccc(-c3ccc4c(-c5ccccc5)c5ccc(-c6cccc(-c7cc(-c8ccc(-c9ccc%10c(-c%11ccccc%11)c%11ccccc%11c(-c%11ccccc%11)c%10c9)cc8)cc(-c8ccccn8)n7)n6)cc5c(-c5ccccc5)c4c3)cc2)ccn1. The number of aryl methyl sites for hydroxylation is 1. The highest BCUT2D eigenvalue weighted by atomic mass is 14.8. The van der Waals surface area contributed by atoms with Crippen LogP contribution >= 0.6 is 0 Å². The Hall–Kier alpha value is -11.7. The Labute approximate surface area is 517 Å². The van der Waals surface area contributed by atoms with Crippen molar-refractivity contribution in [2.24, 2.45) is 0 Å². The smallest absolute Gasteiger partial charge is 0.0900 e. The van der Waals surface area contributed by atoms with E-state index in [9.17, 15) is 0 Å². The van der Waals surface area contributed by atoms with Crippen LogP contribution in [0.3, 0.4) is 0 Å². The van der Waals surface area contributed by atoms with E-state index in [0.717, 1.165) is 89.6 Å². The van der Waals surface area contributed by atoms with Crippen LogP contribution in [0.4, 0.5) is 0 Å². The molecule has 0 amide bonds. The first-order chi connectivity index (χ1) is 44.0. The van der Waals surface area contributed by atoms with Crippen LogP contribution in [0, 0.1) is 6.92 Å². The molecule has 0 aliphatic rings. The van der Waals surface area contributed by atoms with Crippen LogP contribution in [0.1, 0.15) is 5.69 Å². The molecule has 0 unspecified atom stereocenters. The second-order valence-corrected chi connectivity index (χ2v) is 22.9. The van der Waals surface area contributed by atoms with Gasteiger partial charge in [0.05, 0.1) is 28.5 Å². The van der Waals surface area contributed by atoms with Crippen molar-refractivity contribution < 1.29 is 0 Å². The van der Waals surface area contributed by atoms with Gasteiger partial charge in [-0.15, -0.1) is 0 Å². The first-order valence-electron chi connectivity index (χ1n) is 30.3. The third-order valence-corrected chi connectivity index (χ3v) is 17.5. The highest BCUT2D eigenvalue weighted by Gasteiger charge is 2.21. The van der Waals surface area contributed by atoms with Gasteiger partial charge in [-0.25, -0.2) is 9.97 Å². The molecular weight excluding hydrogens is 1080 g/mol. The zero-order valence-corrected chi connectivity index (χ0v) is 48.9. The zero-order valence-electron chi connectivity index (χ0n) is 48.9. The fourth-order valence-electron chi connectivity index (χ4n) is 13.2. The molecule has 16 rings (SSSR count). The largest absolute Gasteiger partial charge is 0.262 e. The Kier molecular flexibility index (Phi) is 13.4. The maximum Gasteiger partial charge on any atom is 0.0900 e. The van der Waals surface area contributed by atoms with Gasteiger partial charge >= 0.3 is 0 Å². The van der Waals surface area contributed by atoms with Gasteiger partial charge in [-0.1, -0.05) is 243 Å². The van der Waals surface area contributed by atoms with Crippen molar-refractivity contribution in [2.45, 2.75) is 6.92 Å². The van der Waals surface area contributed by atoms with Gasteiger partial charge in [0.15, 0.2) is 0 Å². The van der Waals surface area contributed by atoms with Crippen molar-refractivity contribution in [3.05, 3.63) is 327 Å². The van der Waals surface area contributed by atoms with Gasteiger partial charge in [-0.05, 0) is 206 Å². The summed E-state index contributed by atoms with van der Waals surface area (Å²) in [5.41, 5.74) is 24.6. The lowest BCUT2D eigenvalue weighted by Crippen LogP contribution is -1.96. The number of hydrogen-bond donors (Lipinski definition) is 0. The summed E-state index contributed by atoms with van der Waals surface area (Å²) in [5.74, 6) is 0. The summed E-state index contributed by atoms with van der Waals surface area (Å²) in [6.07, 6.45) is 3.71. The van der Waals surface area contributed by atoms with Gasteiger partial charge in [0, 0.05) is 23.7 Å². The standard InChI is InChI=1S/C85H56N4/c1-55-49-66(46-48-86-55)58-34-32-56(33-35-58)65-41-44-72-75(51-65)85(63-25-12-5-13-26-63)76-52-67(42-45-73(76)83(72)61-21-8-3-9-22-61)77-30-18-31-79(88-77)81-54-68(53-80(89-81)78-29-16-17-47-87-78)59-38-36-57(37-39-59)64-40-43-71-74(50-64)84(62-23-10-4-11-24-62)70-28-15-14-27-69(70)82(71)60-19-6-2-7-20-60/h2-54H,1H3. The predicted octanol–water partition coefficient (Wildman–Crippen LogP) is 22.5. The summed E-state index contributed by atoms with van der Waals surface area (Å²) >= 11 is 0. The monoisotopic (exact) mass is 1130 g/mol. The normalized spacial score (nSPS) is 11.4. The van der Waals surface area contributed by atoms with Crippen LogP contribution in [0.5, 0.6) is 0 Å². The number of benzene rings is 12. The lowest BCUT2D eigenvalue weighted by atomic mass is 9.84. The summed E-state index contributed by atoms with van der Waals surface area (Å²) in [7, 11) is 0. The van der Waals surface area contributed by atoms with E-state index in [4.69, 9.17) is 15.0 Å². The topological polar surface area (TPSA) is 51.6 Å². The minimum atomic E-state index is 0.762. The van der Waals surface area contributed by atoms with Crippen LogP contribution in [-0.4, -0.2) is 19.9 Å². The summed E-state index contributed by atoms with van der Waals surface area (Å²) in [5, 5.41) is 9.64. The van der Waals surface area contributed by atoms with E-state index < -0.39 is 0 Å². The Morgan fingerprint density at radius 2 is 0.528 bits per heavy atom. The van der Waals surface area contributed by atoms with Crippen LogP contribution in [0.25, 0.3) is 166 Å². The molecule has 16 aromatic rings. The highest BCUT2D eigenvalue weighted by Crippen LogP contribution is 2.48. The first kappa shape index (κ1) is 52.8. The van der Waals surface area contributed by atoms with Gasteiger partial charge in [0.25, 0.3) is 0 Å². The minimum Gasteiger partial charge on any atom is -0.262 e. The molecule has 4 nitrogen and oxygen atoms in total. The maximum atomic E-state index is 5.49. The molecule has 0 bridgehead atoms. The lowest BCUT2D eigenvalue weighted by Gasteiger charge is -2.19. The lowest BCUT2D eigenvalue weighted by molar-refractivity contribution is 1.20. The third-order valence-electron chi connectivity index (χ3n) is 17.5. The number of hydrogen-bond acceptors (Lipinski definition) is 4. The number of nitrogens with zero attached hydrogens (tertiary/aromatic N) is 4. The molecule has 12 aromatic carbocycles. The summed E-state index contributed by atoms with van der Waals surface area (Å²) < 4.78 is 0. The number of aromatic nitrogens is 4. The number of rotatable bonds is 11. The summed E-state index contributed by atoms with van der Waals surface area (Å²) in [6, 6.07) is 112. The van der Waals surface area contributed by atoms with E-state index >= 15 is 0 Å². The van der Waals surface area contributed by atoms with Crippen LogP contribution in [0.15, 0.2) is 322 Å². The van der Waals surface area contributed by atoms with E-state index in [-0.39, 0.29) is 0 Å². The number of fused-ring (bicyclic) bond motifs is 4. The Bertz CT molecular complexity index is 5320. The fraction of sp³-hybridized carbons (Fsp3) is 0.0118. The molecule has 0 saturated carbocycles. The van der Waals surface area contributed by atoms with Crippen molar-refractivity contribution in [3.8, 4) is 123 Å². The molecule has 0 fully saturated rings. The van der Waals surface area contributed by atoms with E-state index in [1.165, 1.54) is 82.2 Å². The molecule has 89 heavy (non-hydrogen) atoms. The van der Waals surface area contributed by atoms with Crippen molar-refractivity contribution in [3.63, 3.8) is 0 Å². The van der Waals surface area contributed by atoms with Gasteiger partial charge in [0.1, 0.15) is 0 Å². The molecule has 0 radical (unpaired) electrons. The summed E-state index contributed by atoms with van der Waals surface area (Å²) in [4.78, 5) is 20.0. The Morgan fingerprint density at radius 3 is 1.00 bits per heavy atom. The zero-order chi connectivity index (χ0) is 59.2. The van der Waals surface area contributed by atoms with Crippen molar-refractivity contribution >= 4 is 43.1 Å². The van der Waals surface area contributed by atoms with Crippen LogP contribution < -0.4 is 0 Å². The molecule has 4 heteroatoms. The molecular formula is C85H56N4. The fourth-order valence-corrected chi connectivity index (χ4v) is 13.2. The molecule has 0 N–H and O–H groups in total. The third kappa shape index (κ3) is 9.89. The van der Waals surface area contributed by atoms with Crippen molar-refractivity contribution in [1.82, 2.24) is 19.9 Å². The quantitative estimate of drug-likeness (QED) is 0.121. The second-order valence-electron chi connectivity index (χ2n) is 22.9. The van der Waals surface area contributed by atoms with Crippen molar-refractivity contribution in [1.29, 1.82) is 0 Å². The minimum absolute atomic E-state index is 0.762. The molecule has 0 saturated heterocycles. The van der Waals surface area contributed by atoms with Crippen LogP contribution in [-0.2, 0) is 0 Å². The van der Waals surface area contributed by atoms with Gasteiger partial charge < -0.3 is 0 Å². The highest BCUT2D eigenvalue weighted by molar-refractivity contribution is 6.24. The molecule has 416 valence electrons. The Balaban J connectivity index is 0.805. The molecule has 0 aliphatic heterocycles. The maximum absolute atomic E-state index is 5.49. The van der Waals surface area contributed by atoms with Gasteiger partial charge in [-0.2, -0.15) is 0 Å². The predicted molar refractivity (Wildman–Crippen MR) is 372 cm³/mol. The Morgan fingerprint density at radius 1 is 0.180 bits per heavy atom. The molecule has 4 aromatic heterocycles. The van der Waals surface area contributed by atoms with E-state index in [0.29, 0.717) is 0 Å². The molecule has 0 atom stereocenters. The van der Waals surface area contributed by atoms with Gasteiger partial charge in [0.2, 0.25) is 0 Å². The average molecular weight is 1130 g/mol. The number of pyridine rings is 4. The van der Waals surface area contributed by atoms with Gasteiger partial charge in [-0.3, -0.25) is 9.97 Å². The van der Waals surface area contributed by atoms with E-state index in [1.807, 2.05) is 37.5 Å².